The summed E-state index contributed by atoms with van der Waals surface area (Å²) in [6, 6.07) is 0.262. The van der Waals surface area contributed by atoms with E-state index in [0.717, 1.165) is 30.1 Å². The Labute approximate surface area is 108 Å². The highest BCUT2D eigenvalue weighted by Crippen LogP contribution is 2.26. The zero-order chi connectivity index (χ0) is 12.9. The van der Waals surface area contributed by atoms with E-state index in [1.165, 1.54) is 0 Å². The fraction of sp³-hybridized carbons (Fsp3) is 0.769. The van der Waals surface area contributed by atoms with Crippen molar-refractivity contribution in [3.05, 3.63) is 16.1 Å². The monoisotopic (exact) mass is 256 g/mol. The predicted molar refractivity (Wildman–Crippen MR) is 73.4 cm³/mol. The van der Waals surface area contributed by atoms with Gasteiger partial charge in [0.2, 0.25) is 0 Å². The lowest BCUT2D eigenvalue weighted by Crippen LogP contribution is -2.37. The van der Waals surface area contributed by atoms with Crippen LogP contribution < -0.4 is 5.32 Å². The molecule has 1 aromatic heterocycles. The van der Waals surface area contributed by atoms with Crippen LogP contribution in [0.4, 0.5) is 0 Å². The Morgan fingerprint density at radius 2 is 2.12 bits per heavy atom. The Morgan fingerprint density at radius 3 is 2.53 bits per heavy atom. The zero-order valence-electron chi connectivity index (χ0n) is 11.3. The van der Waals surface area contributed by atoms with Crippen molar-refractivity contribution < 1.29 is 5.11 Å². The van der Waals surface area contributed by atoms with Crippen molar-refractivity contribution in [1.82, 2.24) is 10.3 Å². The lowest BCUT2D eigenvalue weighted by Gasteiger charge is -2.30. The summed E-state index contributed by atoms with van der Waals surface area (Å²) in [4.78, 5) is 4.48. The summed E-state index contributed by atoms with van der Waals surface area (Å²) in [6.07, 6.45) is 1.99. The molecule has 1 rings (SSSR count). The van der Waals surface area contributed by atoms with Gasteiger partial charge in [0, 0.05) is 29.6 Å². The summed E-state index contributed by atoms with van der Waals surface area (Å²) in [6.45, 7) is 9.51. The Bertz CT molecular complexity index is 326. The van der Waals surface area contributed by atoms with Crippen LogP contribution in [-0.2, 0) is 0 Å². The van der Waals surface area contributed by atoms with Crippen LogP contribution in [0.5, 0.6) is 0 Å². The molecular weight excluding hydrogens is 232 g/mol. The van der Waals surface area contributed by atoms with Crippen LogP contribution in [0.2, 0.25) is 0 Å². The summed E-state index contributed by atoms with van der Waals surface area (Å²) in [7, 11) is 0. The first-order valence-electron chi connectivity index (χ1n) is 6.33. The van der Waals surface area contributed by atoms with Crippen LogP contribution in [0, 0.1) is 12.3 Å². The van der Waals surface area contributed by atoms with Crippen molar-refractivity contribution in [2.75, 3.05) is 13.2 Å². The number of aliphatic hydroxyl groups is 1. The molecule has 0 bridgehead atoms. The van der Waals surface area contributed by atoms with E-state index >= 15 is 0 Å². The van der Waals surface area contributed by atoms with Gasteiger partial charge in [0.15, 0.2) is 0 Å². The van der Waals surface area contributed by atoms with E-state index < -0.39 is 0 Å². The van der Waals surface area contributed by atoms with Gasteiger partial charge in [0.05, 0.1) is 6.04 Å². The molecular formula is C13H24N2OS. The van der Waals surface area contributed by atoms with Crippen molar-refractivity contribution in [3.63, 3.8) is 0 Å². The van der Waals surface area contributed by atoms with Gasteiger partial charge in [-0.25, -0.2) is 4.98 Å². The Balaban J connectivity index is 2.55. The Morgan fingerprint density at radius 1 is 1.47 bits per heavy atom. The summed E-state index contributed by atoms with van der Waals surface area (Å²) in [5.74, 6) is 0. The van der Waals surface area contributed by atoms with Crippen LogP contribution in [-0.4, -0.2) is 23.2 Å². The highest BCUT2D eigenvalue weighted by molar-refractivity contribution is 7.09. The van der Waals surface area contributed by atoms with E-state index in [1.54, 1.807) is 11.3 Å². The molecule has 4 heteroatoms. The highest BCUT2D eigenvalue weighted by atomic mass is 32.1. The summed E-state index contributed by atoms with van der Waals surface area (Å²) >= 11 is 1.69. The SMILES string of the molecule is CCC(CC)(CO)CNC(C)c1nc(C)cs1. The lowest BCUT2D eigenvalue weighted by molar-refractivity contribution is 0.110. The first kappa shape index (κ1) is 14.6. The van der Waals surface area contributed by atoms with Gasteiger partial charge >= 0.3 is 0 Å². The molecule has 0 spiro atoms. The quantitative estimate of drug-likeness (QED) is 0.788. The average Bonchev–Trinajstić information content (AvgIpc) is 2.78. The van der Waals surface area contributed by atoms with E-state index in [9.17, 15) is 5.11 Å². The molecule has 1 aromatic rings. The smallest absolute Gasteiger partial charge is 0.110 e. The molecule has 0 aliphatic heterocycles. The van der Waals surface area contributed by atoms with Crippen molar-refractivity contribution >= 4 is 11.3 Å². The minimum absolute atomic E-state index is 0.0144. The molecule has 0 radical (unpaired) electrons. The number of hydrogen-bond acceptors (Lipinski definition) is 4. The minimum Gasteiger partial charge on any atom is -0.396 e. The molecule has 98 valence electrons. The largest absolute Gasteiger partial charge is 0.396 e. The third-order valence-corrected chi connectivity index (χ3v) is 4.77. The lowest BCUT2D eigenvalue weighted by atomic mass is 9.83. The van der Waals surface area contributed by atoms with Crippen molar-refractivity contribution in [3.8, 4) is 0 Å². The first-order chi connectivity index (χ1) is 8.06. The number of nitrogens with one attached hydrogen (secondary N) is 1. The zero-order valence-corrected chi connectivity index (χ0v) is 12.1. The number of aryl methyl sites for hydroxylation is 1. The normalized spacial score (nSPS) is 13.9. The van der Waals surface area contributed by atoms with E-state index in [1.807, 2.05) is 6.92 Å². The minimum atomic E-state index is 0.0144. The van der Waals surface area contributed by atoms with Crippen LogP contribution in [0.3, 0.4) is 0 Å². The predicted octanol–water partition coefficient (Wildman–Crippen LogP) is 2.90. The maximum atomic E-state index is 9.51. The molecule has 0 aliphatic carbocycles. The highest BCUT2D eigenvalue weighted by Gasteiger charge is 2.25. The van der Waals surface area contributed by atoms with E-state index in [-0.39, 0.29) is 18.1 Å². The fourth-order valence-electron chi connectivity index (χ4n) is 1.81. The summed E-state index contributed by atoms with van der Waals surface area (Å²) < 4.78 is 0. The number of rotatable bonds is 7. The maximum Gasteiger partial charge on any atom is 0.110 e. The molecule has 0 fully saturated rings. The van der Waals surface area contributed by atoms with Gasteiger partial charge in [-0.15, -0.1) is 11.3 Å². The number of nitrogens with zero attached hydrogens (tertiary/aromatic N) is 1. The molecule has 0 amide bonds. The molecule has 0 saturated heterocycles. The second-order valence-corrected chi connectivity index (χ2v) is 5.68. The molecule has 0 aromatic carbocycles. The summed E-state index contributed by atoms with van der Waals surface area (Å²) in [5, 5.41) is 16.2. The molecule has 1 heterocycles. The standard InChI is InChI=1S/C13H24N2OS/c1-5-13(6-2,9-16)8-14-11(4)12-15-10(3)7-17-12/h7,11,14,16H,5-6,8-9H2,1-4H3. The molecule has 0 saturated carbocycles. The number of aliphatic hydroxyl groups excluding tert-OH is 1. The van der Waals surface area contributed by atoms with Gasteiger partial charge < -0.3 is 10.4 Å². The van der Waals surface area contributed by atoms with Gasteiger partial charge in [-0.3, -0.25) is 0 Å². The van der Waals surface area contributed by atoms with Crippen molar-refractivity contribution in [1.29, 1.82) is 0 Å². The van der Waals surface area contributed by atoms with Gasteiger partial charge in [0.25, 0.3) is 0 Å². The molecule has 17 heavy (non-hydrogen) atoms. The van der Waals surface area contributed by atoms with E-state index in [4.69, 9.17) is 0 Å². The molecule has 1 atom stereocenters. The second-order valence-electron chi connectivity index (χ2n) is 4.79. The third-order valence-electron chi connectivity index (χ3n) is 3.63. The average molecular weight is 256 g/mol. The van der Waals surface area contributed by atoms with Crippen LogP contribution in [0.15, 0.2) is 5.38 Å². The molecule has 2 N–H and O–H groups in total. The van der Waals surface area contributed by atoms with Gasteiger partial charge in [-0.05, 0) is 26.7 Å². The van der Waals surface area contributed by atoms with Gasteiger partial charge in [-0.1, -0.05) is 13.8 Å². The van der Waals surface area contributed by atoms with E-state index in [0.29, 0.717) is 0 Å². The first-order valence-corrected chi connectivity index (χ1v) is 7.21. The maximum absolute atomic E-state index is 9.51. The Hall–Kier alpha value is -0.450. The second kappa shape index (κ2) is 6.47. The number of hydrogen-bond donors (Lipinski definition) is 2. The van der Waals surface area contributed by atoms with Gasteiger partial charge in [-0.2, -0.15) is 0 Å². The fourth-order valence-corrected chi connectivity index (χ4v) is 2.64. The van der Waals surface area contributed by atoms with Crippen molar-refractivity contribution in [2.45, 2.75) is 46.6 Å². The summed E-state index contributed by atoms with van der Waals surface area (Å²) in [5.41, 5.74) is 1.10. The molecule has 3 nitrogen and oxygen atoms in total. The third kappa shape index (κ3) is 3.76. The van der Waals surface area contributed by atoms with Crippen LogP contribution >= 0.6 is 11.3 Å². The number of thiazole rings is 1. The number of aromatic nitrogens is 1. The molecule has 1 unspecified atom stereocenters. The van der Waals surface area contributed by atoms with Crippen molar-refractivity contribution in [2.24, 2.45) is 5.41 Å². The molecule has 0 aliphatic rings. The van der Waals surface area contributed by atoms with E-state index in [2.05, 4.69) is 36.5 Å². The van der Waals surface area contributed by atoms with Gasteiger partial charge in [0.1, 0.15) is 5.01 Å². The van der Waals surface area contributed by atoms with Crippen LogP contribution in [0.1, 0.15) is 50.4 Å². The topological polar surface area (TPSA) is 45.1 Å². The van der Waals surface area contributed by atoms with Crippen LogP contribution in [0.25, 0.3) is 0 Å². The Kier molecular flexibility index (Phi) is 5.56.